The number of nitrogens with zero attached hydrogens (tertiary/aromatic N) is 1. The van der Waals surface area contributed by atoms with Crippen molar-refractivity contribution in [1.82, 2.24) is 0 Å². The van der Waals surface area contributed by atoms with Crippen LogP contribution in [0, 0.1) is 6.92 Å². The van der Waals surface area contributed by atoms with Gasteiger partial charge in [-0.2, -0.15) is 0 Å². The molecule has 18 heavy (non-hydrogen) atoms. The summed E-state index contributed by atoms with van der Waals surface area (Å²) in [5.41, 5.74) is 6.30. The van der Waals surface area contributed by atoms with Gasteiger partial charge in [-0.25, -0.2) is 0 Å². The number of aryl methyl sites for hydroxylation is 2. The zero-order valence-corrected chi connectivity index (χ0v) is 10.7. The van der Waals surface area contributed by atoms with Crippen molar-refractivity contribution in [1.29, 1.82) is 0 Å². The molecule has 0 bridgehead atoms. The first-order chi connectivity index (χ1) is 8.83. The Hall–Kier alpha value is -1.89. The number of fused-ring (bicyclic) bond motifs is 1. The number of rotatable bonds is 1. The van der Waals surface area contributed by atoms with Crippen LogP contribution in [0.1, 0.15) is 29.5 Å². The van der Waals surface area contributed by atoms with Gasteiger partial charge in [0.2, 0.25) is 0 Å². The first-order valence-corrected chi connectivity index (χ1v) is 6.55. The third-order valence-electron chi connectivity index (χ3n) is 3.49. The van der Waals surface area contributed by atoms with E-state index in [2.05, 4.69) is 55.5 Å². The lowest BCUT2D eigenvalue weighted by molar-refractivity contribution is 0.878. The van der Waals surface area contributed by atoms with Gasteiger partial charge in [0.1, 0.15) is 0 Å². The van der Waals surface area contributed by atoms with Gasteiger partial charge < -0.3 is 0 Å². The quantitative estimate of drug-likeness (QED) is 0.692. The van der Waals surface area contributed by atoms with Crippen molar-refractivity contribution in [2.45, 2.75) is 26.2 Å². The Morgan fingerprint density at radius 2 is 1.67 bits per heavy atom. The van der Waals surface area contributed by atoms with Crippen LogP contribution in [0.5, 0.6) is 0 Å². The highest BCUT2D eigenvalue weighted by Gasteiger charge is 2.10. The third-order valence-corrected chi connectivity index (χ3v) is 3.49. The molecule has 1 aliphatic rings. The highest BCUT2D eigenvalue weighted by molar-refractivity contribution is 6.02. The third kappa shape index (κ3) is 2.21. The smallest absolute Gasteiger partial charge is 0.0665 e. The van der Waals surface area contributed by atoms with Crippen molar-refractivity contribution >= 4 is 11.4 Å². The molecule has 0 saturated heterocycles. The van der Waals surface area contributed by atoms with E-state index >= 15 is 0 Å². The average Bonchev–Trinajstić information content (AvgIpc) is 2.61. The average molecular weight is 235 g/mol. The van der Waals surface area contributed by atoms with E-state index in [1.807, 2.05) is 0 Å². The fraction of sp³-hybridized carbons (Fsp3) is 0.235. The molecule has 0 unspecified atom stereocenters. The van der Waals surface area contributed by atoms with E-state index in [-0.39, 0.29) is 0 Å². The van der Waals surface area contributed by atoms with Gasteiger partial charge in [0, 0.05) is 5.71 Å². The number of hydrogen-bond donors (Lipinski definition) is 0. The summed E-state index contributed by atoms with van der Waals surface area (Å²) < 4.78 is 0. The minimum atomic E-state index is 1.07. The van der Waals surface area contributed by atoms with Crippen LogP contribution < -0.4 is 0 Å². The fourth-order valence-electron chi connectivity index (χ4n) is 2.43. The normalized spacial score (nSPS) is 14.6. The first kappa shape index (κ1) is 11.2. The number of hydrogen-bond acceptors (Lipinski definition) is 1. The molecule has 0 fully saturated rings. The fourth-order valence-corrected chi connectivity index (χ4v) is 2.43. The van der Waals surface area contributed by atoms with Crippen molar-refractivity contribution in [2.75, 3.05) is 0 Å². The molecule has 0 saturated carbocycles. The second-order valence-corrected chi connectivity index (χ2v) is 4.91. The molecule has 0 aromatic heterocycles. The summed E-state index contributed by atoms with van der Waals surface area (Å²) in [6, 6.07) is 17.2. The van der Waals surface area contributed by atoms with Crippen molar-refractivity contribution < 1.29 is 0 Å². The van der Waals surface area contributed by atoms with Crippen LogP contribution in [0.4, 0.5) is 5.69 Å². The number of para-hydroxylation sites is 1. The summed E-state index contributed by atoms with van der Waals surface area (Å²) in [6.45, 7) is 2.12. The van der Waals surface area contributed by atoms with Crippen molar-refractivity contribution in [2.24, 2.45) is 4.99 Å². The second kappa shape index (κ2) is 4.77. The van der Waals surface area contributed by atoms with Gasteiger partial charge in [0.25, 0.3) is 0 Å². The predicted octanol–water partition coefficient (Wildman–Crippen LogP) is 4.45. The Labute approximate surface area is 108 Å². The monoisotopic (exact) mass is 235 g/mol. The molecule has 90 valence electrons. The molecule has 0 radical (unpaired) electrons. The Balaban J connectivity index is 2.03. The van der Waals surface area contributed by atoms with Gasteiger partial charge in [-0.05, 0) is 43.4 Å². The zero-order chi connectivity index (χ0) is 12.4. The van der Waals surface area contributed by atoms with Crippen LogP contribution in [-0.2, 0) is 6.42 Å². The molecule has 1 nitrogen and oxygen atoms in total. The van der Waals surface area contributed by atoms with Gasteiger partial charge in [-0.3, -0.25) is 4.99 Å². The van der Waals surface area contributed by atoms with Gasteiger partial charge in [-0.15, -0.1) is 0 Å². The van der Waals surface area contributed by atoms with Gasteiger partial charge in [0.15, 0.2) is 0 Å². The van der Waals surface area contributed by atoms with E-state index in [1.54, 1.807) is 0 Å². The van der Waals surface area contributed by atoms with Crippen LogP contribution in [0.25, 0.3) is 0 Å². The lowest BCUT2D eigenvalue weighted by Crippen LogP contribution is -1.99. The maximum absolute atomic E-state index is 4.86. The molecule has 3 rings (SSSR count). The molecule has 0 N–H and O–H groups in total. The minimum Gasteiger partial charge on any atom is -0.253 e. The van der Waals surface area contributed by atoms with E-state index in [0.29, 0.717) is 0 Å². The van der Waals surface area contributed by atoms with Crippen LogP contribution in [0.2, 0.25) is 0 Å². The van der Waals surface area contributed by atoms with E-state index < -0.39 is 0 Å². The molecule has 1 heteroatoms. The molecular formula is C17H17N. The largest absolute Gasteiger partial charge is 0.253 e. The topological polar surface area (TPSA) is 12.4 Å². The Morgan fingerprint density at radius 1 is 0.889 bits per heavy atom. The lowest BCUT2D eigenvalue weighted by atomic mass is 10.0. The number of aliphatic imine (C=N–C) groups is 1. The van der Waals surface area contributed by atoms with Gasteiger partial charge >= 0.3 is 0 Å². The highest BCUT2D eigenvalue weighted by atomic mass is 14.8. The summed E-state index contributed by atoms with van der Waals surface area (Å²) in [5.74, 6) is 0. The summed E-state index contributed by atoms with van der Waals surface area (Å²) in [6.07, 6.45) is 3.39. The van der Waals surface area contributed by atoms with Crippen molar-refractivity contribution in [3.63, 3.8) is 0 Å². The standard InChI is InChI=1S/C17H17N/c1-13-9-11-15(12-10-13)17-8-4-6-14-5-2-3-7-16(14)18-17/h2-3,5,7,9-12H,4,6,8H2,1H3. The van der Waals surface area contributed by atoms with E-state index in [1.165, 1.54) is 28.8 Å². The molecule has 1 heterocycles. The molecule has 2 aromatic rings. The Kier molecular flexibility index (Phi) is 2.97. The molecule has 2 aromatic carbocycles. The van der Waals surface area contributed by atoms with Gasteiger partial charge in [-0.1, -0.05) is 48.0 Å². The lowest BCUT2D eigenvalue weighted by Gasteiger charge is -2.04. The maximum atomic E-state index is 4.86. The summed E-state index contributed by atoms with van der Waals surface area (Å²) in [4.78, 5) is 4.86. The minimum absolute atomic E-state index is 1.07. The molecule has 0 amide bonds. The summed E-state index contributed by atoms with van der Waals surface area (Å²) >= 11 is 0. The van der Waals surface area contributed by atoms with Crippen LogP contribution in [0.15, 0.2) is 53.5 Å². The summed E-state index contributed by atoms with van der Waals surface area (Å²) in [7, 11) is 0. The molecule has 0 spiro atoms. The van der Waals surface area contributed by atoms with Crippen LogP contribution in [0.3, 0.4) is 0 Å². The van der Waals surface area contributed by atoms with Crippen molar-refractivity contribution in [3.8, 4) is 0 Å². The summed E-state index contributed by atoms with van der Waals surface area (Å²) in [5, 5.41) is 0. The van der Waals surface area contributed by atoms with E-state index in [0.717, 1.165) is 18.5 Å². The Morgan fingerprint density at radius 3 is 2.50 bits per heavy atom. The molecule has 0 atom stereocenters. The molecule has 0 aliphatic carbocycles. The molecular weight excluding hydrogens is 218 g/mol. The number of benzene rings is 2. The van der Waals surface area contributed by atoms with Crippen LogP contribution >= 0.6 is 0 Å². The van der Waals surface area contributed by atoms with E-state index in [4.69, 9.17) is 4.99 Å². The SMILES string of the molecule is Cc1ccc(C2=Nc3ccccc3CCC2)cc1. The van der Waals surface area contributed by atoms with Crippen molar-refractivity contribution in [3.05, 3.63) is 65.2 Å². The zero-order valence-electron chi connectivity index (χ0n) is 10.7. The maximum Gasteiger partial charge on any atom is 0.0665 e. The first-order valence-electron chi connectivity index (χ1n) is 6.55. The van der Waals surface area contributed by atoms with Crippen LogP contribution in [-0.4, -0.2) is 5.71 Å². The predicted molar refractivity (Wildman–Crippen MR) is 76.8 cm³/mol. The second-order valence-electron chi connectivity index (χ2n) is 4.91. The Bertz CT molecular complexity index is 579. The van der Waals surface area contributed by atoms with E-state index in [9.17, 15) is 0 Å². The molecule has 1 aliphatic heterocycles. The highest BCUT2D eigenvalue weighted by Crippen LogP contribution is 2.26. The van der Waals surface area contributed by atoms with Gasteiger partial charge in [0.05, 0.1) is 5.69 Å².